The zero-order chi connectivity index (χ0) is 13.5. The topological polar surface area (TPSA) is 32.3 Å². The van der Waals surface area contributed by atoms with Crippen molar-refractivity contribution in [1.29, 1.82) is 0 Å². The van der Waals surface area contributed by atoms with Gasteiger partial charge in [0.25, 0.3) is 0 Å². The Balaban J connectivity index is 1.74. The molecular weight excluding hydrogens is 258 g/mol. The summed E-state index contributed by atoms with van der Waals surface area (Å²) in [6, 6.07) is 17.6. The Morgan fingerprint density at radius 3 is 2.58 bits per heavy atom. The van der Waals surface area contributed by atoms with Crippen molar-refractivity contribution in [3.63, 3.8) is 0 Å². The van der Waals surface area contributed by atoms with E-state index in [9.17, 15) is 5.11 Å². The predicted octanol–water partition coefficient (Wildman–Crippen LogP) is 3.21. The highest BCUT2D eigenvalue weighted by Gasteiger charge is 2.06. The Morgan fingerprint density at radius 2 is 1.84 bits per heavy atom. The number of aliphatic hydroxyl groups excluding tert-OH is 1. The third-order valence-electron chi connectivity index (χ3n) is 3.00. The average molecular weight is 276 g/mol. The van der Waals surface area contributed by atoms with Crippen molar-refractivity contribution in [2.45, 2.75) is 12.5 Å². The summed E-state index contributed by atoms with van der Waals surface area (Å²) in [5.74, 6) is 0. The second-order valence-corrected chi connectivity index (χ2v) is 4.95. The first-order valence-corrected chi connectivity index (χ1v) is 6.81. The average Bonchev–Trinajstić information content (AvgIpc) is 2.44. The number of benzene rings is 2. The van der Waals surface area contributed by atoms with E-state index >= 15 is 0 Å². The van der Waals surface area contributed by atoms with E-state index in [2.05, 4.69) is 17.4 Å². The maximum atomic E-state index is 10.0. The van der Waals surface area contributed by atoms with Crippen LogP contribution in [0, 0.1) is 0 Å². The minimum atomic E-state index is -0.519. The number of halogens is 1. The first-order chi connectivity index (χ1) is 9.25. The molecular formula is C16H18ClNO. The Hall–Kier alpha value is -1.35. The van der Waals surface area contributed by atoms with Crippen LogP contribution in [0.25, 0.3) is 0 Å². The number of rotatable bonds is 6. The first-order valence-electron chi connectivity index (χ1n) is 6.44. The second-order valence-electron chi connectivity index (χ2n) is 4.51. The minimum absolute atomic E-state index is 0.519. The van der Waals surface area contributed by atoms with Gasteiger partial charge in [0.2, 0.25) is 0 Å². The third kappa shape index (κ3) is 4.67. The Labute approximate surface area is 119 Å². The molecule has 100 valence electrons. The van der Waals surface area contributed by atoms with E-state index in [1.165, 1.54) is 5.56 Å². The molecule has 0 amide bonds. The van der Waals surface area contributed by atoms with Gasteiger partial charge in [0.1, 0.15) is 0 Å². The highest BCUT2D eigenvalue weighted by atomic mass is 35.5. The maximum absolute atomic E-state index is 10.0. The SMILES string of the molecule is OC(CNCCc1ccccc1)c1cccc(Cl)c1. The lowest BCUT2D eigenvalue weighted by atomic mass is 10.1. The Morgan fingerprint density at radius 1 is 1.05 bits per heavy atom. The standard InChI is InChI=1S/C16H18ClNO/c17-15-8-4-7-14(11-15)16(19)12-18-10-9-13-5-2-1-3-6-13/h1-8,11,16,18-19H,9-10,12H2. The molecule has 0 saturated heterocycles. The van der Waals surface area contributed by atoms with Crippen molar-refractivity contribution in [1.82, 2.24) is 5.32 Å². The summed E-state index contributed by atoms with van der Waals surface area (Å²) < 4.78 is 0. The van der Waals surface area contributed by atoms with Gasteiger partial charge in [-0.25, -0.2) is 0 Å². The fourth-order valence-corrected chi connectivity index (χ4v) is 2.15. The predicted molar refractivity (Wildman–Crippen MR) is 79.4 cm³/mol. The zero-order valence-corrected chi connectivity index (χ0v) is 11.5. The number of aliphatic hydroxyl groups is 1. The van der Waals surface area contributed by atoms with Crippen molar-refractivity contribution in [2.24, 2.45) is 0 Å². The van der Waals surface area contributed by atoms with Crippen LogP contribution in [0.1, 0.15) is 17.2 Å². The van der Waals surface area contributed by atoms with E-state index in [1.54, 1.807) is 12.1 Å². The van der Waals surface area contributed by atoms with Crippen LogP contribution in [0.5, 0.6) is 0 Å². The summed E-state index contributed by atoms with van der Waals surface area (Å²) in [5.41, 5.74) is 2.15. The van der Waals surface area contributed by atoms with Crippen LogP contribution in [-0.2, 0) is 6.42 Å². The zero-order valence-electron chi connectivity index (χ0n) is 10.7. The second kappa shape index (κ2) is 7.29. The largest absolute Gasteiger partial charge is 0.387 e. The van der Waals surface area contributed by atoms with Crippen molar-refractivity contribution < 1.29 is 5.11 Å². The summed E-state index contributed by atoms with van der Waals surface area (Å²) in [4.78, 5) is 0. The highest BCUT2D eigenvalue weighted by Crippen LogP contribution is 2.16. The monoisotopic (exact) mass is 275 g/mol. The maximum Gasteiger partial charge on any atom is 0.0914 e. The molecule has 19 heavy (non-hydrogen) atoms. The quantitative estimate of drug-likeness (QED) is 0.794. The number of nitrogens with one attached hydrogen (secondary N) is 1. The molecule has 0 spiro atoms. The van der Waals surface area contributed by atoms with Gasteiger partial charge in [0.15, 0.2) is 0 Å². The molecule has 2 nitrogen and oxygen atoms in total. The van der Waals surface area contributed by atoms with Crippen molar-refractivity contribution in [3.05, 3.63) is 70.7 Å². The molecule has 1 unspecified atom stereocenters. The van der Waals surface area contributed by atoms with Gasteiger partial charge in [-0.05, 0) is 36.2 Å². The lowest BCUT2D eigenvalue weighted by Crippen LogP contribution is -2.23. The third-order valence-corrected chi connectivity index (χ3v) is 3.24. The first kappa shape index (κ1) is 14.1. The molecule has 2 aromatic rings. The molecule has 0 aliphatic rings. The summed E-state index contributed by atoms with van der Waals surface area (Å²) in [7, 11) is 0. The van der Waals surface area contributed by atoms with Crippen molar-refractivity contribution >= 4 is 11.6 Å². The summed E-state index contributed by atoms with van der Waals surface area (Å²) in [5, 5.41) is 13.9. The molecule has 0 aromatic heterocycles. The molecule has 2 N–H and O–H groups in total. The summed E-state index contributed by atoms with van der Waals surface area (Å²) in [6.07, 6.45) is 0.442. The van der Waals surface area contributed by atoms with E-state index in [0.29, 0.717) is 11.6 Å². The van der Waals surface area contributed by atoms with E-state index in [0.717, 1.165) is 18.5 Å². The van der Waals surface area contributed by atoms with Gasteiger partial charge in [-0.15, -0.1) is 0 Å². The molecule has 0 aliphatic carbocycles. The molecule has 0 saturated carbocycles. The molecule has 0 aliphatic heterocycles. The number of hydrogen-bond acceptors (Lipinski definition) is 2. The van der Waals surface area contributed by atoms with Crippen LogP contribution in [0.15, 0.2) is 54.6 Å². The van der Waals surface area contributed by atoms with Crippen LogP contribution in [0.3, 0.4) is 0 Å². The molecule has 2 aromatic carbocycles. The smallest absolute Gasteiger partial charge is 0.0914 e. The van der Waals surface area contributed by atoms with Gasteiger partial charge in [0.05, 0.1) is 6.10 Å². The molecule has 0 fully saturated rings. The van der Waals surface area contributed by atoms with Crippen molar-refractivity contribution in [3.8, 4) is 0 Å². The van der Waals surface area contributed by atoms with Gasteiger partial charge < -0.3 is 10.4 Å². The van der Waals surface area contributed by atoms with Crippen LogP contribution in [0.2, 0.25) is 5.02 Å². The molecule has 2 rings (SSSR count). The van der Waals surface area contributed by atoms with Crippen LogP contribution >= 0.6 is 11.6 Å². The Kier molecular flexibility index (Phi) is 5.40. The van der Waals surface area contributed by atoms with Crippen molar-refractivity contribution in [2.75, 3.05) is 13.1 Å². The summed E-state index contributed by atoms with van der Waals surface area (Å²) in [6.45, 7) is 1.38. The van der Waals surface area contributed by atoms with Gasteiger partial charge in [-0.3, -0.25) is 0 Å². The minimum Gasteiger partial charge on any atom is -0.387 e. The van der Waals surface area contributed by atoms with E-state index in [1.807, 2.05) is 30.3 Å². The number of hydrogen-bond donors (Lipinski definition) is 2. The van der Waals surface area contributed by atoms with Gasteiger partial charge >= 0.3 is 0 Å². The van der Waals surface area contributed by atoms with Gasteiger partial charge in [0, 0.05) is 11.6 Å². The fraction of sp³-hybridized carbons (Fsp3) is 0.250. The molecule has 3 heteroatoms. The normalized spacial score (nSPS) is 12.3. The lowest BCUT2D eigenvalue weighted by Gasteiger charge is -2.12. The van der Waals surface area contributed by atoms with E-state index < -0.39 is 6.10 Å². The van der Waals surface area contributed by atoms with Gasteiger partial charge in [-0.1, -0.05) is 54.1 Å². The van der Waals surface area contributed by atoms with E-state index in [4.69, 9.17) is 11.6 Å². The molecule has 0 radical (unpaired) electrons. The van der Waals surface area contributed by atoms with Crippen LogP contribution < -0.4 is 5.32 Å². The molecule has 0 bridgehead atoms. The van der Waals surface area contributed by atoms with Crippen LogP contribution in [-0.4, -0.2) is 18.2 Å². The Bertz CT molecular complexity index is 501. The lowest BCUT2D eigenvalue weighted by molar-refractivity contribution is 0.175. The van der Waals surface area contributed by atoms with Gasteiger partial charge in [-0.2, -0.15) is 0 Å². The van der Waals surface area contributed by atoms with E-state index in [-0.39, 0.29) is 0 Å². The highest BCUT2D eigenvalue weighted by molar-refractivity contribution is 6.30. The molecule has 0 heterocycles. The molecule has 1 atom stereocenters. The fourth-order valence-electron chi connectivity index (χ4n) is 1.95. The summed E-state index contributed by atoms with van der Waals surface area (Å²) >= 11 is 5.90. The van der Waals surface area contributed by atoms with Crippen LogP contribution in [0.4, 0.5) is 0 Å².